The summed E-state index contributed by atoms with van der Waals surface area (Å²) in [5.41, 5.74) is -0.956. The number of hydrogen-bond acceptors (Lipinski definition) is 4. The van der Waals surface area contributed by atoms with E-state index < -0.39 is 23.2 Å². The highest BCUT2D eigenvalue weighted by Gasteiger charge is 2.12. The molecule has 1 heterocycles. The molecule has 0 saturated carbocycles. The van der Waals surface area contributed by atoms with Crippen LogP contribution < -0.4 is 10.9 Å². The molecule has 8 heteroatoms. The molecule has 0 bridgehead atoms. The smallest absolute Gasteiger partial charge is 0.279 e. The average molecular weight is 281 g/mol. The molecule has 0 atom stereocenters. The molecule has 2 rings (SSSR count). The van der Waals surface area contributed by atoms with Crippen molar-refractivity contribution in [2.24, 2.45) is 0 Å². The van der Waals surface area contributed by atoms with E-state index in [1.807, 2.05) is 0 Å². The zero-order valence-corrected chi connectivity index (χ0v) is 10.2. The van der Waals surface area contributed by atoms with Gasteiger partial charge in [-0.3, -0.25) is 14.6 Å². The maximum Gasteiger partial charge on any atom is 0.279 e. The number of nitrogens with one attached hydrogen (secondary N) is 3. The second-order valence-electron chi connectivity index (χ2n) is 3.59. The molecule has 0 aliphatic rings. The van der Waals surface area contributed by atoms with Crippen LogP contribution in [0.4, 0.5) is 10.1 Å². The normalized spacial score (nSPS) is 10.2. The van der Waals surface area contributed by atoms with Crippen molar-refractivity contribution in [2.45, 2.75) is 0 Å². The van der Waals surface area contributed by atoms with Crippen LogP contribution in [0.5, 0.6) is 5.88 Å². The zero-order valence-electron chi connectivity index (χ0n) is 9.36. The van der Waals surface area contributed by atoms with Crippen LogP contribution in [0, 0.1) is 10.6 Å². The third kappa shape index (κ3) is 2.86. The quantitative estimate of drug-likeness (QED) is 0.627. The molecule has 2 aromatic rings. The summed E-state index contributed by atoms with van der Waals surface area (Å²) in [5.74, 6) is -1.70. The average Bonchev–Trinajstić information content (AvgIpc) is 2.34. The number of H-pyrrole nitrogens is 2. The molecule has 0 unspecified atom stereocenters. The third-order valence-electron chi connectivity index (χ3n) is 2.27. The number of aromatic hydroxyl groups is 1. The van der Waals surface area contributed by atoms with Crippen molar-refractivity contribution in [3.8, 4) is 5.88 Å². The molecular weight excluding hydrogens is 273 g/mol. The number of carbonyl (C=O) groups is 1. The van der Waals surface area contributed by atoms with Gasteiger partial charge >= 0.3 is 0 Å². The molecule has 1 amide bonds. The number of hydrogen-bond donors (Lipinski definition) is 4. The number of aromatic nitrogens is 2. The minimum atomic E-state index is -0.739. The van der Waals surface area contributed by atoms with E-state index in [-0.39, 0.29) is 16.0 Å². The lowest BCUT2D eigenvalue weighted by molar-refractivity contribution is 0.102. The van der Waals surface area contributed by atoms with E-state index in [0.717, 1.165) is 12.1 Å². The second-order valence-corrected chi connectivity index (χ2v) is 4.00. The van der Waals surface area contributed by atoms with Crippen molar-refractivity contribution in [3.63, 3.8) is 0 Å². The van der Waals surface area contributed by atoms with E-state index in [4.69, 9.17) is 0 Å². The maximum absolute atomic E-state index is 12.7. The fourth-order valence-electron chi connectivity index (χ4n) is 1.38. The van der Waals surface area contributed by atoms with Crippen LogP contribution in [0.15, 0.2) is 29.1 Å². The largest absolute Gasteiger partial charge is 0.493 e. The van der Waals surface area contributed by atoms with Gasteiger partial charge in [0.1, 0.15) is 5.82 Å². The fraction of sp³-hybridized carbons (Fsp3) is 0. The summed E-state index contributed by atoms with van der Waals surface area (Å²) < 4.78 is 12.6. The molecule has 0 saturated heterocycles. The fourth-order valence-corrected chi connectivity index (χ4v) is 1.57. The van der Waals surface area contributed by atoms with Crippen LogP contribution in [-0.4, -0.2) is 21.0 Å². The monoisotopic (exact) mass is 281 g/mol. The third-order valence-corrected chi connectivity index (χ3v) is 2.47. The van der Waals surface area contributed by atoms with Gasteiger partial charge in [-0.2, -0.15) is 0 Å². The SMILES string of the molecule is O=C(Nc1c(O)[nH]c(=S)[nH]c1=O)c1ccc(F)cc1. The van der Waals surface area contributed by atoms with Crippen LogP contribution in [0.1, 0.15) is 10.4 Å². The molecule has 1 aromatic carbocycles. The number of amides is 1. The number of halogens is 1. The van der Waals surface area contributed by atoms with E-state index in [2.05, 4.69) is 27.5 Å². The molecule has 0 radical (unpaired) electrons. The lowest BCUT2D eigenvalue weighted by Gasteiger charge is -2.05. The van der Waals surface area contributed by atoms with Gasteiger partial charge < -0.3 is 15.4 Å². The van der Waals surface area contributed by atoms with Gasteiger partial charge in [0.2, 0.25) is 5.88 Å². The van der Waals surface area contributed by atoms with Crippen molar-refractivity contribution < 1.29 is 14.3 Å². The number of aromatic amines is 2. The van der Waals surface area contributed by atoms with Gasteiger partial charge in [-0.1, -0.05) is 0 Å². The van der Waals surface area contributed by atoms with Crippen LogP contribution in [-0.2, 0) is 0 Å². The first kappa shape index (κ1) is 13.0. The zero-order chi connectivity index (χ0) is 14.0. The topological polar surface area (TPSA) is 98.0 Å². The van der Waals surface area contributed by atoms with Gasteiger partial charge in [0.15, 0.2) is 10.5 Å². The molecule has 0 aliphatic carbocycles. The van der Waals surface area contributed by atoms with Crippen LogP contribution in [0.2, 0.25) is 0 Å². The lowest BCUT2D eigenvalue weighted by Crippen LogP contribution is -2.20. The Balaban J connectivity index is 2.32. The summed E-state index contributed by atoms with van der Waals surface area (Å²) in [4.78, 5) is 27.8. The Kier molecular flexibility index (Phi) is 3.43. The predicted octanol–water partition coefficient (Wildman–Crippen LogP) is 1.53. The van der Waals surface area contributed by atoms with Gasteiger partial charge in [-0.25, -0.2) is 4.39 Å². The Morgan fingerprint density at radius 1 is 1.26 bits per heavy atom. The number of benzene rings is 1. The summed E-state index contributed by atoms with van der Waals surface area (Å²) in [5, 5.41) is 11.7. The molecular formula is C11H8FN3O3S. The number of anilines is 1. The molecule has 6 nitrogen and oxygen atoms in total. The first-order chi connectivity index (χ1) is 8.97. The van der Waals surface area contributed by atoms with Gasteiger partial charge in [0.25, 0.3) is 11.5 Å². The predicted molar refractivity (Wildman–Crippen MR) is 68.3 cm³/mol. The molecule has 19 heavy (non-hydrogen) atoms. The molecule has 0 spiro atoms. The van der Waals surface area contributed by atoms with Crippen molar-refractivity contribution in [1.82, 2.24) is 9.97 Å². The molecule has 0 aliphatic heterocycles. The van der Waals surface area contributed by atoms with Crippen LogP contribution >= 0.6 is 12.2 Å². The van der Waals surface area contributed by atoms with Gasteiger partial charge in [0, 0.05) is 5.56 Å². The molecule has 98 valence electrons. The van der Waals surface area contributed by atoms with E-state index in [1.165, 1.54) is 12.1 Å². The van der Waals surface area contributed by atoms with E-state index >= 15 is 0 Å². The summed E-state index contributed by atoms with van der Waals surface area (Å²) in [6.07, 6.45) is 0. The minimum Gasteiger partial charge on any atom is -0.493 e. The van der Waals surface area contributed by atoms with Gasteiger partial charge in [-0.05, 0) is 36.5 Å². The number of rotatable bonds is 2. The van der Waals surface area contributed by atoms with Crippen molar-refractivity contribution >= 4 is 23.8 Å². The number of carbonyl (C=O) groups excluding carboxylic acids is 1. The Morgan fingerprint density at radius 2 is 1.89 bits per heavy atom. The van der Waals surface area contributed by atoms with Crippen molar-refractivity contribution in [3.05, 3.63) is 50.8 Å². The second kappa shape index (κ2) is 5.02. The van der Waals surface area contributed by atoms with E-state index in [1.54, 1.807) is 0 Å². The first-order valence-corrected chi connectivity index (χ1v) is 5.50. The van der Waals surface area contributed by atoms with E-state index in [0.29, 0.717) is 0 Å². The summed E-state index contributed by atoms with van der Waals surface area (Å²) >= 11 is 4.64. The molecule has 1 aromatic heterocycles. The minimum absolute atomic E-state index is 0.0673. The highest BCUT2D eigenvalue weighted by molar-refractivity contribution is 7.71. The molecule has 0 fully saturated rings. The van der Waals surface area contributed by atoms with Crippen molar-refractivity contribution in [1.29, 1.82) is 0 Å². The Hall–Kier alpha value is -2.48. The Bertz CT molecular complexity index is 736. The van der Waals surface area contributed by atoms with Crippen LogP contribution in [0.25, 0.3) is 0 Å². The summed E-state index contributed by atoms with van der Waals surface area (Å²) in [6.45, 7) is 0. The Labute approximate surface area is 110 Å². The molecule has 4 N–H and O–H groups in total. The Morgan fingerprint density at radius 3 is 2.47 bits per heavy atom. The lowest BCUT2D eigenvalue weighted by atomic mass is 10.2. The van der Waals surface area contributed by atoms with Gasteiger partial charge in [-0.15, -0.1) is 0 Å². The van der Waals surface area contributed by atoms with E-state index in [9.17, 15) is 19.1 Å². The highest BCUT2D eigenvalue weighted by atomic mass is 32.1. The summed E-state index contributed by atoms with van der Waals surface area (Å²) in [6, 6.07) is 4.72. The summed E-state index contributed by atoms with van der Waals surface area (Å²) in [7, 11) is 0. The van der Waals surface area contributed by atoms with Crippen molar-refractivity contribution in [2.75, 3.05) is 5.32 Å². The highest BCUT2D eigenvalue weighted by Crippen LogP contribution is 2.14. The first-order valence-electron chi connectivity index (χ1n) is 5.10. The van der Waals surface area contributed by atoms with Gasteiger partial charge in [0.05, 0.1) is 0 Å². The standard InChI is InChI=1S/C11H8FN3O3S/c12-6-3-1-5(2-4-6)8(16)13-7-9(17)14-11(19)15-10(7)18/h1-4H,(H,13,16)(H3,14,15,17,18,19). The maximum atomic E-state index is 12.7. The van der Waals surface area contributed by atoms with Crippen LogP contribution in [0.3, 0.4) is 0 Å².